The van der Waals surface area contributed by atoms with Crippen LogP contribution in [0.25, 0.3) is 33.3 Å². The zero-order valence-electron chi connectivity index (χ0n) is 20.8. The molecule has 0 aliphatic rings. The van der Waals surface area contributed by atoms with Crippen LogP contribution in [-0.4, -0.2) is 23.5 Å². The molecule has 0 aliphatic carbocycles. The Bertz CT molecular complexity index is 1740. The summed E-state index contributed by atoms with van der Waals surface area (Å²) in [5.41, 5.74) is 4.81. The lowest BCUT2D eigenvalue weighted by atomic mass is 9.97. The Hall–Kier alpha value is -3.23. The molecule has 1 N–H and O–H groups in total. The topological polar surface area (TPSA) is 68.3 Å². The Morgan fingerprint density at radius 3 is 2.46 bits per heavy atom. The number of amides is 1. The van der Waals surface area contributed by atoms with Crippen LogP contribution in [-0.2, 0) is 4.74 Å². The van der Waals surface area contributed by atoms with Gasteiger partial charge in [-0.2, -0.15) is 0 Å². The summed E-state index contributed by atoms with van der Waals surface area (Å²) < 4.78 is 6.29. The van der Waals surface area contributed by atoms with Crippen LogP contribution < -0.4 is 5.32 Å². The lowest BCUT2D eigenvalue weighted by Gasteiger charge is -2.16. The van der Waals surface area contributed by atoms with Gasteiger partial charge in [-0.15, -0.1) is 11.3 Å². The minimum absolute atomic E-state index is 0.209. The Kier molecular flexibility index (Phi) is 8.05. The summed E-state index contributed by atoms with van der Waals surface area (Å²) in [6.07, 6.45) is 0. The molecule has 0 bridgehead atoms. The largest absolute Gasteiger partial charge is 0.462 e. The standard InChI is InChI=1S/C30H21BrCl2N2O3S/c1-3-38-30(37)26-22(17-8-10-18(31)11-9-17)15-39-29(26)35-28(36)25-16(2)27(20-13-12-19(32)14-23(20)33)34-24-7-5-4-6-21(24)25/h4-15H,3H2,1-2H3,(H,35,36). The quantitative estimate of drug-likeness (QED) is 0.188. The molecule has 0 atom stereocenters. The number of esters is 1. The van der Waals surface area contributed by atoms with E-state index in [2.05, 4.69) is 21.2 Å². The zero-order valence-corrected chi connectivity index (χ0v) is 24.8. The average Bonchev–Trinajstić information content (AvgIpc) is 3.32. The number of benzene rings is 3. The van der Waals surface area contributed by atoms with E-state index in [1.54, 1.807) is 25.1 Å². The van der Waals surface area contributed by atoms with Gasteiger partial charge in [0.1, 0.15) is 10.6 Å². The molecule has 0 spiro atoms. The van der Waals surface area contributed by atoms with E-state index in [0.717, 1.165) is 10.0 Å². The molecule has 1 amide bonds. The minimum atomic E-state index is -0.503. The summed E-state index contributed by atoms with van der Waals surface area (Å²) in [6.45, 7) is 3.79. The molecular weight excluding hydrogens is 619 g/mol. The number of nitrogens with zero attached hydrogens (tertiary/aromatic N) is 1. The van der Waals surface area contributed by atoms with Crippen molar-refractivity contribution in [2.24, 2.45) is 0 Å². The molecule has 5 nitrogen and oxygen atoms in total. The third-order valence-electron chi connectivity index (χ3n) is 6.20. The van der Waals surface area contributed by atoms with Crippen molar-refractivity contribution in [3.63, 3.8) is 0 Å². The summed E-state index contributed by atoms with van der Waals surface area (Å²) in [5, 5.41) is 6.87. The molecule has 196 valence electrons. The lowest BCUT2D eigenvalue weighted by Crippen LogP contribution is -2.17. The van der Waals surface area contributed by atoms with Crippen molar-refractivity contribution in [2.75, 3.05) is 11.9 Å². The SMILES string of the molecule is CCOC(=O)c1c(-c2ccc(Br)cc2)csc1NC(=O)c1c(C)c(-c2ccc(Cl)cc2Cl)nc2ccccc12. The van der Waals surface area contributed by atoms with E-state index in [0.29, 0.717) is 59.5 Å². The Morgan fingerprint density at radius 1 is 1.00 bits per heavy atom. The van der Waals surface area contributed by atoms with Crippen LogP contribution in [0.3, 0.4) is 0 Å². The second-order valence-corrected chi connectivity index (χ2v) is 11.3. The van der Waals surface area contributed by atoms with Gasteiger partial charge >= 0.3 is 5.97 Å². The van der Waals surface area contributed by atoms with E-state index in [9.17, 15) is 9.59 Å². The maximum absolute atomic E-state index is 13.9. The molecule has 0 saturated carbocycles. The molecule has 0 fully saturated rings. The molecule has 5 aromatic rings. The number of carbonyl (C=O) groups excluding carboxylic acids is 2. The van der Waals surface area contributed by atoms with E-state index in [-0.39, 0.29) is 12.5 Å². The summed E-state index contributed by atoms with van der Waals surface area (Å²) >= 11 is 17.4. The fourth-order valence-electron chi connectivity index (χ4n) is 4.41. The third-order valence-corrected chi connectivity index (χ3v) is 8.17. The van der Waals surface area contributed by atoms with Gasteiger partial charge in [-0.05, 0) is 61.4 Å². The molecule has 2 heterocycles. The number of rotatable bonds is 6. The first-order chi connectivity index (χ1) is 18.8. The molecule has 39 heavy (non-hydrogen) atoms. The molecule has 0 radical (unpaired) electrons. The van der Waals surface area contributed by atoms with Crippen molar-refractivity contribution in [2.45, 2.75) is 13.8 Å². The second kappa shape index (κ2) is 11.5. The van der Waals surface area contributed by atoms with Gasteiger partial charge < -0.3 is 10.1 Å². The lowest BCUT2D eigenvalue weighted by molar-refractivity contribution is 0.0529. The van der Waals surface area contributed by atoms with Gasteiger partial charge in [0, 0.05) is 31.4 Å². The average molecular weight is 640 g/mol. The first-order valence-electron chi connectivity index (χ1n) is 12.0. The summed E-state index contributed by atoms with van der Waals surface area (Å²) in [6, 6.07) is 20.2. The number of para-hydroxylation sites is 1. The first kappa shape index (κ1) is 27.3. The number of pyridine rings is 1. The zero-order chi connectivity index (χ0) is 27.7. The number of nitrogens with one attached hydrogen (secondary N) is 1. The van der Waals surface area contributed by atoms with Crippen LogP contribution in [0.1, 0.15) is 33.2 Å². The van der Waals surface area contributed by atoms with Gasteiger partial charge in [-0.1, -0.05) is 69.5 Å². The van der Waals surface area contributed by atoms with E-state index in [1.165, 1.54) is 11.3 Å². The maximum atomic E-state index is 13.9. The van der Waals surface area contributed by atoms with Crippen molar-refractivity contribution >= 4 is 78.2 Å². The highest BCUT2D eigenvalue weighted by Crippen LogP contribution is 2.39. The highest BCUT2D eigenvalue weighted by atomic mass is 79.9. The molecule has 9 heteroatoms. The van der Waals surface area contributed by atoms with Gasteiger partial charge in [0.2, 0.25) is 0 Å². The third kappa shape index (κ3) is 5.45. The number of anilines is 1. The number of thiophene rings is 1. The summed E-state index contributed by atoms with van der Waals surface area (Å²) in [5.74, 6) is -0.871. The van der Waals surface area contributed by atoms with Crippen LogP contribution >= 0.6 is 50.5 Å². The van der Waals surface area contributed by atoms with Crippen molar-refractivity contribution in [1.29, 1.82) is 0 Å². The minimum Gasteiger partial charge on any atom is -0.462 e. The molecule has 0 unspecified atom stereocenters. The Labute approximate surface area is 247 Å². The van der Waals surface area contributed by atoms with Crippen LogP contribution in [0.15, 0.2) is 76.6 Å². The number of hydrogen-bond donors (Lipinski definition) is 1. The predicted octanol–water partition coefficient (Wildman–Crippen LogP) is 9.44. The number of aromatic nitrogens is 1. The van der Waals surface area contributed by atoms with Gasteiger partial charge in [0.15, 0.2) is 0 Å². The van der Waals surface area contributed by atoms with Gasteiger partial charge in [0.25, 0.3) is 5.91 Å². The first-order valence-corrected chi connectivity index (χ1v) is 14.4. The number of hydrogen-bond acceptors (Lipinski definition) is 5. The molecule has 2 aromatic heterocycles. The smallest absolute Gasteiger partial charge is 0.341 e. The highest BCUT2D eigenvalue weighted by molar-refractivity contribution is 9.10. The molecule has 5 rings (SSSR count). The van der Waals surface area contributed by atoms with Crippen molar-refractivity contribution in [3.05, 3.63) is 103 Å². The summed E-state index contributed by atoms with van der Waals surface area (Å²) in [7, 11) is 0. The molecule has 0 saturated heterocycles. The normalized spacial score (nSPS) is 11.0. The van der Waals surface area contributed by atoms with Crippen LogP contribution in [0.4, 0.5) is 5.00 Å². The Morgan fingerprint density at radius 2 is 1.74 bits per heavy atom. The van der Waals surface area contributed by atoms with Crippen LogP contribution in [0, 0.1) is 6.92 Å². The van der Waals surface area contributed by atoms with Crippen LogP contribution in [0.5, 0.6) is 0 Å². The maximum Gasteiger partial charge on any atom is 0.341 e. The van der Waals surface area contributed by atoms with Gasteiger partial charge in [0.05, 0.1) is 28.4 Å². The number of fused-ring (bicyclic) bond motifs is 1. The van der Waals surface area contributed by atoms with Crippen molar-refractivity contribution in [1.82, 2.24) is 4.98 Å². The van der Waals surface area contributed by atoms with E-state index in [4.69, 9.17) is 32.9 Å². The van der Waals surface area contributed by atoms with Crippen molar-refractivity contribution in [3.8, 4) is 22.4 Å². The number of halogens is 3. The molecule has 0 aliphatic heterocycles. The molecular formula is C30H21BrCl2N2O3S. The second-order valence-electron chi connectivity index (χ2n) is 8.64. The summed E-state index contributed by atoms with van der Waals surface area (Å²) in [4.78, 5) is 31.9. The number of ether oxygens (including phenoxy) is 1. The monoisotopic (exact) mass is 638 g/mol. The predicted molar refractivity (Wildman–Crippen MR) is 163 cm³/mol. The van der Waals surface area contributed by atoms with Gasteiger partial charge in [-0.25, -0.2) is 9.78 Å². The van der Waals surface area contributed by atoms with Gasteiger partial charge in [-0.3, -0.25) is 4.79 Å². The highest BCUT2D eigenvalue weighted by Gasteiger charge is 2.26. The van der Waals surface area contributed by atoms with Crippen molar-refractivity contribution < 1.29 is 14.3 Å². The van der Waals surface area contributed by atoms with E-state index in [1.807, 2.05) is 60.8 Å². The van der Waals surface area contributed by atoms with E-state index < -0.39 is 5.97 Å². The fraction of sp³-hybridized carbons (Fsp3) is 0.100. The Balaban J connectivity index is 1.63. The molecule has 3 aromatic carbocycles. The fourth-order valence-corrected chi connectivity index (χ4v) is 6.12. The van der Waals surface area contributed by atoms with Crippen LogP contribution in [0.2, 0.25) is 10.0 Å². The number of carbonyl (C=O) groups is 2. The van der Waals surface area contributed by atoms with E-state index >= 15 is 0 Å².